The first-order chi connectivity index (χ1) is 10.5. The second-order valence-corrected chi connectivity index (χ2v) is 6.73. The van der Waals surface area contributed by atoms with Crippen LogP contribution >= 0.6 is 15.9 Å². The molecule has 0 bridgehead atoms. The van der Waals surface area contributed by atoms with E-state index >= 15 is 0 Å². The molecule has 3 rings (SSSR count). The average molecular weight is 367 g/mol. The van der Waals surface area contributed by atoms with Crippen LogP contribution in [0.2, 0.25) is 0 Å². The lowest BCUT2D eigenvalue weighted by molar-refractivity contribution is 0.0655. The van der Waals surface area contributed by atoms with Crippen molar-refractivity contribution in [1.29, 1.82) is 0 Å². The van der Waals surface area contributed by atoms with Crippen molar-refractivity contribution in [3.8, 4) is 0 Å². The number of ether oxygens (including phenoxy) is 1. The molecule has 0 saturated carbocycles. The number of piperidine rings is 1. The second-order valence-electron chi connectivity index (χ2n) is 5.82. The van der Waals surface area contributed by atoms with Gasteiger partial charge in [-0.15, -0.1) is 5.10 Å². The predicted molar refractivity (Wildman–Crippen MR) is 86.7 cm³/mol. The molecular weight excluding hydrogens is 348 g/mol. The third-order valence-electron chi connectivity index (χ3n) is 3.84. The number of hydrogen-bond donors (Lipinski definition) is 0. The van der Waals surface area contributed by atoms with Crippen LogP contribution in [0.15, 0.2) is 22.7 Å². The molecule has 0 N–H and O–H groups in total. The van der Waals surface area contributed by atoms with Gasteiger partial charge in [-0.1, -0.05) is 21.1 Å². The number of amides is 1. The molecule has 0 aliphatic carbocycles. The maximum atomic E-state index is 11.9. The summed E-state index contributed by atoms with van der Waals surface area (Å²) in [5, 5.41) is 8.52. The third kappa shape index (κ3) is 3.09. The molecule has 1 aromatic carbocycles. The summed E-state index contributed by atoms with van der Waals surface area (Å²) in [6, 6.07) is 6.26. The predicted octanol–water partition coefficient (Wildman–Crippen LogP) is 3.38. The van der Waals surface area contributed by atoms with Crippen LogP contribution in [0.1, 0.15) is 32.7 Å². The normalized spacial score (nSPS) is 16.5. The van der Waals surface area contributed by atoms with Gasteiger partial charge >= 0.3 is 6.09 Å². The Labute approximate surface area is 137 Å². The Kier molecular flexibility index (Phi) is 4.33. The number of carbonyl (C=O) groups is 1. The van der Waals surface area contributed by atoms with Gasteiger partial charge in [-0.3, -0.25) is 0 Å². The molecule has 0 spiro atoms. The van der Waals surface area contributed by atoms with E-state index in [9.17, 15) is 4.79 Å². The summed E-state index contributed by atoms with van der Waals surface area (Å²) in [7, 11) is 0. The molecule has 1 saturated heterocycles. The summed E-state index contributed by atoms with van der Waals surface area (Å²) < 4.78 is 8.22. The highest BCUT2D eigenvalue weighted by atomic mass is 79.9. The lowest BCUT2D eigenvalue weighted by Crippen LogP contribution is -2.40. The zero-order chi connectivity index (χ0) is 15.7. The maximum Gasteiger partial charge on any atom is 0.410 e. The van der Waals surface area contributed by atoms with Crippen molar-refractivity contribution in [2.45, 2.75) is 38.8 Å². The van der Waals surface area contributed by atoms with Crippen LogP contribution < -0.4 is 0 Å². The number of aromatic nitrogens is 3. The Morgan fingerprint density at radius 1 is 1.36 bits per heavy atom. The van der Waals surface area contributed by atoms with Crippen molar-refractivity contribution in [1.82, 2.24) is 19.9 Å². The number of halogens is 1. The molecule has 6 nitrogen and oxygen atoms in total. The van der Waals surface area contributed by atoms with E-state index in [0.717, 1.165) is 28.3 Å². The Balaban J connectivity index is 1.69. The van der Waals surface area contributed by atoms with Gasteiger partial charge in [0, 0.05) is 17.6 Å². The monoisotopic (exact) mass is 366 g/mol. The van der Waals surface area contributed by atoms with E-state index in [4.69, 9.17) is 4.74 Å². The topological polar surface area (TPSA) is 60.2 Å². The largest absolute Gasteiger partial charge is 0.447 e. The number of hydrogen-bond acceptors (Lipinski definition) is 4. The number of rotatable bonds is 2. The molecule has 0 unspecified atom stereocenters. The molecule has 7 heteroatoms. The minimum atomic E-state index is -0.221. The van der Waals surface area contributed by atoms with Gasteiger partial charge in [-0.05, 0) is 44.9 Å². The lowest BCUT2D eigenvalue weighted by atomic mass is 10.1. The molecule has 0 atom stereocenters. The zero-order valence-electron chi connectivity index (χ0n) is 12.7. The molecule has 1 amide bonds. The van der Waals surface area contributed by atoms with E-state index in [0.29, 0.717) is 13.1 Å². The summed E-state index contributed by atoms with van der Waals surface area (Å²) in [6.07, 6.45) is 1.42. The Bertz CT molecular complexity index is 677. The number of fused-ring (bicyclic) bond motifs is 1. The van der Waals surface area contributed by atoms with Gasteiger partial charge in [0.05, 0.1) is 17.7 Å². The average Bonchev–Trinajstić information content (AvgIpc) is 2.89. The van der Waals surface area contributed by atoms with E-state index in [2.05, 4.69) is 26.2 Å². The molecule has 1 aromatic heterocycles. The Hall–Kier alpha value is -1.63. The van der Waals surface area contributed by atoms with Gasteiger partial charge in [0.2, 0.25) is 0 Å². The SMILES string of the molecule is CC(C)OC(=O)N1CCC(n2nnc3cc(Br)ccc32)CC1. The van der Waals surface area contributed by atoms with E-state index in [1.54, 1.807) is 4.90 Å². The van der Waals surface area contributed by atoms with Crippen LogP contribution in [0.25, 0.3) is 11.0 Å². The first-order valence-electron chi connectivity index (χ1n) is 7.50. The van der Waals surface area contributed by atoms with Crippen LogP contribution in [-0.4, -0.2) is 45.2 Å². The first kappa shape index (κ1) is 15.3. The van der Waals surface area contributed by atoms with E-state index in [1.807, 2.05) is 36.7 Å². The minimum Gasteiger partial charge on any atom is -0.447 e. The van der Waals surface area contributed by atoms with Gasteiger partial charge in [-0.2, -0.15) is 0 Å². The minimum absolute atomic E-state index is 0.0806. The number of carbonyl (C=O) groups excluding carboxylic acids is 1. The van der Waals surface area contributed by atoms with Crippen molar-refractivity contribution in [2.24, 2.45) is 0 Å². The summed E-state index contributed by atoms with van der Waals surface area (Å²) in [5.74, 6) is 0. The number of likely N-dealkylation sites (tertiary alicyclic amines) is 1. The van der Waals surface area contributed by atoms with Crippen LogP contribution in [0.4, 0.5) is 4.79 Å². The van der Waals surface area contributed by atoms with E-state index < -0.39 is 0 Å². The molecule has 1 aliphatic rings. The van der Waals surface area contributed by atoms with E-state index in [-0.39, 0.29) is 18.2 Å². The van der Waals surface area contributed by atoms with Crippen LogP contribution in [0, 0.1) is 0 Å². The third-order valence-corrected chi connectivity index (χ3v) is 4.33. The highest BCUT2D eigenvalue weighted by Gasteiger charge is 2.26. The Morgan fingerprint density at radius 2 is 2.09 bits per heavy atom. The molecule has 118 valence electrons. The number of nitrogens with zero attached hydrogens (tertiary/aromatic N) is 4. The summed E-state index contributed by atoms with van der Waals surface area (Å²) in [6.45, 7) is 5.11. The van der Waals surface area contributed by atoms with Crippen molar-refractivity contribution >= 4 is 33.1 Å². The van der Waals surface area contributed by atoms with Crippen molar-refractivity contribution in [3.63, 3.8) is 0 Å². The van der Waals surface area contributed by atoms with Gasteiger partial charge in [0.15, 0.2) is 0 Å². The van der Waals surface area contributed by atoms with Crippen LogP contribution in [0.3, 0.4) is 0 Å². The molecule has 2 heterocycles. The Morgan fingerprint density at radius 3 is 2.77 bits per heavy atom. The van der Waals surface area contributed by atoms with Gasteiger partial charge in [0.25, 0.3) is 0 Å². The van der Waals surface area contributed by atoms with Crippen molar-refractivity contribution < 1.29 is 9.53 Å². The van der Waals surface area contributed by atoms with Crippen molar-refractivity contribution in [2.75, 3.05) is 13.1 Å². The molecule has 1 aliphatic heterocycles. The quantitative estimate of drug-likeness (QED) is 0.817. The van der Waals surface area contributed by atoms with Gasteiger partial charge in [0.1, 0.15) is 5.52 Å². The summed E-state index contributed by atoms with van der Waals surface area (Å²) in [4.78, 5) is 13.7. The van der Waals surface area contributed by atoms with Gasteiger partial charge in [-0.25, -0.2) is 9.48 Å². The molecular formula is C15H19BrN4O2. The van der Waals surface area contributed by atoms with Crippen LogP contribution in [-0.2, 0) is 4.74 Å². The molecule has 22 heavy (non-hydrogen) atoms. The fourth-order valence-electron chi connectivity index (χ4n) is 2.75. The smallest absolute Gasteiger partial charge is 0.410 e. The fourth-order valence-corrected chi connectivity index (χ4v) is 3.10. The highest BCUT2D eigenvalue weighted by Crippen LogP contribution is 2.27. The van der Waals surface area contributed by atoms with Crippen LogP contribution in [0.5, 0.6) is 0 Å². The fraction of sp³-hybridized carbons (Fsp3) is 0.533. The maximum absolute atomic E-state index is 11.9. The molecule has 1 fully saturated rings. The standard InChI is InChI=1S/C15H19BrN4O2/c1-10(2)22-15(21)19-7-5-12(6-8-19)20-14-4-3-11(16)9-13(14)17-18-20/h3-4,9-10,12H,5-8H2,1-2H3. The highest BCUT2D eigenvalue weighted by molar-refractivity contribution is 9.10. The first-order valence-corrected chi connectivity index (χ1v) is 8.30. The van der Waals surface area contributed by atoms with E-state index in [1.165, 1.54) is 0 Å². The molecule has 2 aromatic rings. The lowest BCUT2D eigenvalue weighted by Gasteiger charge is -2.31. The van der Waals surface area contributed by atoms with Gasteiger partial charge < -0.3 is 9.64 Å². The zero-order valence-corrected chi connectivity index (χ0v) is 14.3. The number of benzene rings is 1. The van der Waals surface area contributed by atoms with Crippen molar-refractivity contribution in [3.05, 3.63) is 22.7 Å². The molecule has 0 radical (unpaired) electrons. The second kappa shape index (κ2) is 6.24. The summed E-state index contributed by atoms with van der Waals surface area (Å²) >= 11 is 3.45. The summed E-state index contributed by atoms with van der Waals surface area (Å²) in [5.41, 5.74) is 1.92.